The molecule has 2 nitrogen and oxygen atoms in total. The average Bonchev–Trinajstić information content (AvgIpc) is 2.07. The monoisotopic (exact) mass is 153 g/mol. The zero-order valence-corrected chi connectivity index (χ0v) is 6.75. The van der Waals surface area contributed by atoms with Gasteiger partial charge in [-0.25, -0.2) is 0 Å². The quantitative estimate of drug-likeness (QED) is 0.598. The first kappa shape index (κ1) is 8.58. The maximum atomic E-state index is 5.79. The minimum Gasteiger partial charge on any atom is -0.377 e. The summed E-state index contributed by atoms with van der Waals surface area (Å²) < 4.78 is 5.47. The molecule has 0 aromatic carbocycles. The van der Waals surface area contributed by atoms with E-state index in [0.29, 0.717) is 6.42 Å². The smallest absolute Gasteiger partial charge is 0.0735 e. The van der Waals surface area contributed by atoms with Gasteiger partial charge in [0.2, 0.25) is 0 Å². The van der Waals surface area contributed by atoms with Crippen LogP contribution in [0, 0.1) is 12.3 Å². The fourth-order valence-corrected chi connectivity index (χ4v) is 1.37. The van der Waals surface area contributed by atoms with Crippen molar-refractivity contribution in [3.8, 4) is 12.3 Å². The Bertz CT molecular complexity index is 144. The number of hydrogen-bond donors (Lipinski definition) is 1. The number of terminal acetylenes is 1. The highest BCUT2D eigenvalue weighted by Crippen LogP contribution is 2.15. The van der Waals surface area contributed by atoms with Gasteiger partial charge in [-0.3, -0.25) is 0 Å². The summed E-state index contributed by atoms with van der Waals surface area (Å²) in [5.74, 6) is 2.56. The topological polar surface area (TPSA) is 35.2 Å². The van der Waals surface area contributed by atoms with Gasteiger partial charge in [-0.2, -0.15) is 0 Å². The first-order valence-electron chi connectivity index (χ1n) is 4.15. The first-order valence-corrected chi connectivity index (χ1v) is 4.15. The maximum Gasteiger partial charge on any atom is 0.0735 e. The first-order chi connectivity index (χ1) is 5.34. The van der Waals surface area contributed by atoms with Gasteiger partial charge < -0.3 is 10.5 Å². The van der Waals surface area contributed by atoms with E-state index in [1.165, 1.54) is 12.8 Å². The summed E-state index contributed by atoms with van der Waals surface area (Å²) in [6.07, 6.45) is 9.45. The Hall–Kier alpha value is -0.520. The molecule has 11 heavy (non-hydrogen) atoms. The Morgan fingerprint density at radius 2 is 2.45 bits per heavy atom. The van der Waals surface area contributed by atoms with E-state index in [2.05, 4.69) is 5.92 Å². The molecule has 2 N–H and O–H groups in total. The van der Waals surface area contributed by atoms with Crippen LogP contribution >= 0.6 is 0 Å². The molecule has 1 aliphatic heterocycles. The predicted octanol–water partition coefficient (Wildman–Crippen LogP) is 0.906. The van der Waals surface area contributed by atoms with Gasteiger partial charge in [0, 0.05) is 19.1 Å². The Balaban J connectivity index is 2.27. The lowest BCUT2D eigenvalue weighted by Crippen LogP contribution is -2.38. The normalized spacial score (nSPS) is 27.5. The summed E-state index contributed by atoms with van der Waals surface area (Å²) in [4.78, 5) is 0. The highest BCUT2D eigenvalue weighted by atomic mass is 16.5. The molecule has 62 valence electrons. The molecular formula is C9H15NO. The highest BCUT2D eigenvalue weighted by molar-refractivity contribution is 4.92. The van der Waals surface area contributed by atoms with Crippen LogP contribution in [0.25, 0.3) is 0 Å². The molecule has 2 heteroatoms. The third-order valence-electron chi connectivity index (χ3n) is 2.05. The summed E-state index contributed by atoms with van der Waals surface area (Å²) in [6, 6.07) is 0.0419. The van der Waals surface area contributed by atoms with Crippen molar-refractivity contribution in [1.82, 2.24) is 0 Å². The average molecular weight is 153 g/mol. The predicted molar refractivity (Wildman–Crippen MR) is 45.0 cm³/mol. The van der Waals surface area contributed by atoms with Gasteiger partial charge >= 0.3 is 0 Å². The third-order valence-corrected chi connectivity index (χ3v) is 2.05. The van der Waals surface area contributed by atoms with E-state index in [9.17, 15) is 0 Å². The molecule has 0 bridgehead atoms. The Labute approximate surface area is 68.1 Å². The second-order valence-corrected chi connectivity index (χ2v) is 2.98. The Morgan fingerprint density at radius 3 is 3.00 bits per heavy atom. The molecule has 0 aromatic rings. The molecule has 0 aromatic heterocycles. The van der Waals surface area contributed by atoms with Gasteiger partial charge in [-0.15, -0.1) is 12.3 Å². The van der Waals surface area contributed by atoms with Crippen molar-refractivity contribution in [2.24, 2.45) is 5.73 Å². The molecule has 1 fully saturated rings. The van der Waals surface area contributed by atoms with Crippen LogP contribution in [0.4, 0.5) is 0 Å². The summed E-state index contributed by atoms with van der Waals surface area (Å²) >= 11 is 0. The molecule has 2 atom stereocenters. The van der Waals surface area contributed by atoms with Gasteiger partial charge in [-0.1, -0.05) is 0 Å². The van der Waals surface area contributed by atoms with Crippen molar-refractivity contribution >= 4 is 0 Å². The molecule has 0 aliphatic carbocycles. The van der Waals surface area contributed by atoms with Crippen molar-refractivity contribution in [3.05, 3.63) is 0 Å². The van der Waals surface area contributed by atoms with Crippen LogP contribution in [0.5, 0.6) is 0 Å². The molecule has 1 saturated heterocycles. The van der Waals surface area contributed by atoms with Crippen molar-refractivity contribution < 1.29 is 4.74 Å². The third kappa shape index (κ3) is 2.53. The van der Waals surface area contributed by atoms with E-state index in [0.717, 1.165) is 13.0 Å². The van der Waals surface area contributed by atoms with Gasteiger partial charge in [0.05, 0.1) is 6.10 Å². The van der Waals surface area contributed by atoms with Crippen LogP contribution < -0.4 is 5.73 Å². The lowest BCUT2D eigenvalue weighted by atomic mass is 10.0. The fourth-order valence-electron chi connectivity index (χ4n) is 1.37. The number of ether oxygens (including phenoxy) is 1. The summed E-state index contributed by atoms with van der Waals surface area (Å²) in [7, 11) is 0. The van der Waals surface area contributed by atoms with E-state index in [1.807, 2.05) is 0 Å². The van der Waals surface area contributed by atoms with E-state index in [4.69, 9.17) is 16.9 Å². The van der Waals surface area contributed by atoms with Crippen LogP contribution in [0.15, 0.2) is 0 Å². The molecule has 1 aliphatic rings. The largest absolute Gasteiger partial charge is 0.377 e. The number of nitrogens with two attached hydrogens (primary N) is 1. The van der Waals surface area contributed by atoms with Gasteiger partial charge in [-0.05, 0) is 19.3 Å². The summed E-state index contributed by atoms with van der Waals surface area (Å²) in [6.45, 7) is 0.850. The lowest BCUT2D eigenvalue weighted by molar-refractivity contribution is 0.00151. The molecule has 0 radical (unpaired) electrons. The fraction of sp³-hybridized carbons (Fsp3) is 0.778. The SMILES string of the molecule is C#CCC(N)C1CCCCO1. The minimum atomic E-state index is 0.0419. The van der Waals surface area contributed by atoms with Crippen LogP contribution in [-0.4, -0.2) is 18.8 Å². The van der Waals surface area contributed by atoms with Crippen molar-refractivity contribution in [2.75, 3.05) is 6.61 Å². The van der Waals surface area contributed by atoms with Crippen molar-refractivity contribution in [3.63, 3.8) is 0 Å². The van der Waals surface area contributed by atoms with Crippen molar-refractivity contribution in [1.29, 1.82) is 0 Å². The highest BCUT2D eigenvalue weighted by Gasteiger charge is 2.19. The molecule has 0 amide bonds. The molecule has 2 unspecified atom stereocenters. The van der Waals surface area contributed by atoms with Crippen LogP contribution in [0.1, 0.15) is 25.7 Å². The van der Waals surface area contributed by atoms with Gasteiger partial charge in [0.15, 0.2) is 0 Å². The number of rotatable bonds is 2. The Morgan fingerprint density at radius 1 is 1.64 bits per heavy atom. The van der Waals surface area contributed by atoms with E-state index >= 15 is 0 Å². The van der Waals surface area contributed by atoms with E-state index < -0.39 is 0 Å². The number of hydrogen-bond acceptors (Lipinski definition) is 2. The standard InChI is InChI=1S/C9H15NO/c1-2-5-8(10)9-6-3-4-7-11-9/h1,8-9H,3-7,10H2. The molecule has 0 saturated carbocycles. The zero-order valence-electron chi connectivity index (χ0n) is 6.75. The second-order valence-electron chi connectivity index (χ2n) is 2.98. The molecule has 1 heterocycles. The molecule has 1 rings (SSSR count). The van der Waals surface area contributed by atoms with E-state index in [-0.39, 0.29) is 12.1 Å². The van der Waals surface area contributed by atoms with Crippen LogP contribution in [-0.2, 0) is 4.74 Å². The molecular weight excluding hydrogens is 138 g/mol. The second kappa shape index (κ2) is 4.38. The molecule has 0 spiro atoms. The Kier molecular flexibility index (Phi) is 3.41. The van der Waals surface area contributed by atoms with Crippen molar-refractivity contribution in [2.45, 2.75) is 37.8 Å². The summed E-state index contributed by atoms with van der Waals surface area (Å²) in [5, 5.41) is 0. The minimum absolute atomic E-state index is 0.0419. The maximum absolute atomic E-state index is 5.79. The van der Waals surface area contributed by atoms with Gasteiger partial charge in [0.1, 0.15) is 0 Å². The van der Waals surface area contributed by atoms with E-state index in [1.54, 1.807) is 0 Å². The zero-order chi connectivity index (χ0) is 8.10. The van der Waals surface area contributed by atoms with Crippen LogP contribution in [0.2, 0.25) is 0 Å². The van der Waals surface area contributed by atoms with Gasteiger partial charge in [0.25, 0.3) is 0 Å². The lowest BCUT2D eigenvalue weighted by Gasteiger charge is -2.26. The van der Waals surface area contributed by atoms with Crippen LogP contribution in [0.3, 0.4) is 0 Å². The summed E-state index contributed by atoms with van der Waals surface area (Å²) in [5.41, 5.74) is 5.79.